The number of carboxylic acids is 1. The molecule has 1 fully saturated rings. The SMILES string of the molecule is Cc1c(Cl)cccc1-n1c(=O)[nH]c(C(=O)O)c(CN2CCCC2)c1=O. The van der Waals surface area contributed by atoms with Crippen LogP contribution in [0.25, 0.3) is 5.69 Å². The van der Waals surface area contributed by atoms with Gasteiger partial charge in [0.1, 0.15) is 5.69 Å². The predicted octanol–water partition coefficient (Wildman–Crippen LogP) is 1.78. The zero-order valence-electron chi connectivity index (χ0n) is 13.7. The molecule has 1 aromatic carbocycles. The van der Waals surface area contributed by atoms with Crippen molar-refractivity contribution in [1.82, 2.24) is 14.5 Å². The van der Waals surface area contributed by atoms with Crippen molar-refractivity contribution in [3.8, 4) is 5.69 Å². The summed E-state index contributed by atoms with van der Waals surface area (Å²) in [6, 6.07) is 4.91. The number of rotatable bonds is 4. The van der Waals surface area contributed by atoms with Gasteiger partial charge in [-0.05, 0) is 50.6 Å². The van der Waals surface area contributed by atoms with E-state index in [-0.39, 0.29) is 17.8 Å². The first kappa shape index (κ1) is 17.4. The molecule has 0 unspecified atom stereocenters. The van der Waals surface area contributed by atoms with Crippen molar-refractivity contribution >= 4 is 17.6 Å². The van der Waals surface area contributed by atoms with E-state index in [4.69, 9.17) is 11.6 Å². The normalized spacial score (nSPS) is 14.8. The van der Waals surface area contributed by atoms with Crippen LogP contribution < -0.4 is 11.2 Å². The summed E-state index contributed by atoms with van der Waals surface area (Å²) in [5.41, 5.74) is -0.770. The van der Waals surface area contributed by atoms with E-state index in [1.807, 2.05) is 4.90 Å². The fraction of sp³-hybridized carbons (Fsp3) is 0.353. The van der Waals surface area contributed by atoms with Crippen LogP contribution in [0.4, 0.5) is 0 Å². The Morgan fingerprint density at radius 3 is 2.60 bits per heavy atom. The van der Waals surface area contributed by atoms with Crippen molar-refractivity contribution in [2.24, 2.45) is 0 Å². The lowest BCUT2D eigenvalue weighted by molar-refractivity contribution is 0.0687. The second kappa shape index (κ2) is 6.85. The number of aromatic carboxylic acids is 1. The molecule has 0 bridgehead atoms. The van der Waals surface area contributed by atoms with Crippen molar-refractivity contribution in [2.45, 2.75) is 26.3 Å². The number of hydrogen-bond donors (Lipinski definition) is 2. The summed E-state index contributed by atoms with van der Waals surface area (Å²) in [6.45, 7) is 3.49. The first-order chi connectivity index (χ1) is 11.9. The van der Waals surface area contributed by atoms with E-state index in [1.54, 1.807) is 25.1 Å². The lowest BCUT2D eigenvalue weighted by atomic mass is 10.1. The Morgan fingerprint density at radius 2 is 1.96 bits per heavy atom. The number of nitrogens with one attached hydrogen (secondary N) is 1. The molecule has 7 nitrogen and oxygen atoms in total. The minimum atomic E-state index is -1.32. The fourth-order valence-corrected chi connectivity index (χ4v) is 3.29. The maximum Gasteiger partial charge on any atom is 0.352 e. The molecule has 0 radical (unpaired) electrons. The third-order valence-corrected chi connectivity index (χ3v) is 4.88. The highest BCUT2D eigenvalue weighted by Crippen LogP contribution is 2.20. The Morgan fingerprint density at radius 1 is 1.28 bits per heavy atom. The van der Waals surface area contributed by atoms with Crippen LogP contribution >= 0.6 is 11.6 Å². The molecule has 0 atom stereocenters. The standard InChI is InChI=1S/C17H18ClN3O4/c1-10-12(18)5-4-6-13(10)21-15(22)11(9-20-7-2-3-8-20)14(16(23)24)19-17(21)25/h4-6H,2-3,7-9H2,1H3,(H,19,25)(H,23,24). The number of hydrogen-bond acceptors (Lipinski definition) is 4. The van der Waals surface area contributed by atoms with Gasteiger partial charge in [0, 0.05) is 11.6 Å². The second-order valence-electron chi connectivity index (χ2n) is 6.10. The third kappa shape index (κ3) is 3.25. The van der Waals surface area contributed by atoms with E-state index in [0.717, 1.165) is 30.5 Å². The topological polar surface area (TPSA) is 95.4 Å². The first-order valence-electron chi connectivity index (χ1n) is 7.99. The lowest BCUT2D eigenvalue weighted by Crippen LogP contribution is -2.40. The van der Waals surface area contributed by atoms with Gasteiger partial charge in [-0.3, -0.25) is 9.69 Å². The number of aromatic amines is 1. The summed E-state index contributed by atoms with van der Waals surface area (Å²) >= 11 is 6.10. The summed E-state index contributed by atoms with van der Waals surface area (Å²) < 4.78 is 0.957. The number of carbonyl (C=O) groups is 1. The molecule has 8 heteroatoms. The van der Waals surface area contributed by atoms with Gasteiger partial charge in [0.15, 0.2) is 0 Å². The van der Waals surface area contributed by atoms with E-state index in [2.05, 4.69) is 4.98 Å². The highest BCUT2D eigenvalue weighted by atomic mass is 35.5. The highest BCUT2D eigenvalue weighted by molar-refractivity contribution is 6.31. The number of likely N-dealkylation sites (tertiary alicyclic amines) is 1. The van der Waals surface area contributed by atoms with Crippen LogP contribution in [-0.4, -0.2) is 38.6 Å². The van der Waals surface area contributed by atoms with Gasteiger partial charge in [0.25, 0.3) is 5.56 Å². The maximum absolute atomic E-state index is 13.0. The first-order valence-corrected chi connectivity index (χ1v) is 8.37. The van der Waals surface area contributed by atoms with Crippen LogP contribution in [0, 0.1) is 6.92 Å². The largest absolute Gasteiger partial charge is 0.477 e. The molecule has 1 aliphatic heterocycles. The molecule has 1 aromatic heterocycles. The average molecular weight is 364 g/mol. The highest BCUT2D eigenvalue weighted by Gasteiger charge is 2.23. The van der Waals surface area contributed by atoms with Gasteiger partial charge in [-0.15, -0.1) is 0 Å². The molecule has 0 aliphatic carbocycles. The minimum Gasteiger partial charge on any atom is -0.477 e. The third-order valence-electron chi connectivity index (χ3n) is 4.47. The Balaban J connectivity index is 2.23. The molecule has 0 saturated carbocycles. The molecular weight excluding hydrogens is 346 g/mol. The number of nitrogens with zero attached hydrogens (tertiary/aromatic N) is 2. The number of carboxylic acid groups (broad SMARTS) is 1. The van der Waals surface area contributed by atoms with Crippen molar-refractivity contribution in [3.63, 3.8) is 0 Å². The molecule has 2 aromatic rings. The molecular formula is C17H18ClN3O4. The van der Waals surface area contributed by atoms with Gasteiger partial charge in [-0.2, -0.15) is 0 Å². The van der Waals surface area contributed by atoms with Crippen LogP contribution in [0.2, 0.25) is 5.02 Å². The number of halogens is 1. The van der Waals surface area contributed by atoms with E-state index in [9.17, 15) is 19.5 Å². The monoisotopic (exact) mass is 363 g/mol. The zero-order chi connectivity index (χ0) is 18.1. The lowest BCUT2D eigenvalue weighted by Gasteiger charge is -2.17. The van der Waals surface area contributed by atoms with Crippen molar-refractivity contribution < 1.29 is 9.90 Å². The van der Waals surface area contributed by atoms with Crippen LogP contribution in [0.3, 0.4) is 0 Å². The molecule has 132 valence electrons. The van der Waals surface area contributed by atoms with Crippen molar-refractivity contribution in [2.75, 3.05) is 13.1 Å². The summed E-state index contributed by atoms with van der Waals surface area (Å²) in [7, 11) is 0. The Hall–Kier alpha value is -2.38. The van der Waals surface area contributed by atoms with E-state index in [1.165, 1.54) is 0 Å². The zero-order valence-corrected chi connectivity index (χ0v) is 14.5. The molecule has 0 amide bonds. The molecule has 1 saturated heterocycles. The van der Waals surface area contributed by atoms with Gasteiger partial charge < -0.3 is 10.1 Å². The van der Waals surface area contributed by atoms with Crippen LogP contribution in [0.5, 0.6) is 0 Å². The molecule has 25 heavy (non-hydrogen) atoms. The molecule has 0 spiro atoms. The number of aromatic nitrogens is 2. The number of benzene rings is 1. The fourth-order valence-electron chi connectivity index (χ4n) is 3.12. The van der Waals surface area contributed by atoms with Gasteiger partial charge in [0.05, 0.1) is 11.3 Å². The van der Waals surface area contributed by atoms with E-state index < -0.39 is 17.2 Å². The Labute approximate surface area is 148 Å². The summed E-state index contributed by atoms with van der Waals surface area (Å²) in [5, 5.41) is 9.81. The molecule has 2 N–H and O–H groups in total. The van der Waals surface area contributed by atoms with Gasteiger partial charge in [0.2, 0.25) is 0 Å². The molecule has 3 rings (SSSR count). The van der Waals surface area contributed by atoms with Crippen LogP contribution in [0.1, 0.15) is 34.5 Å². The van der Waals surface area contributed by atoms with Gasteiger partial charge in [-0.1, -0.05) is 17.7 Å². The molecule has 1 aliphatic rings. The van der Waals surface area contributed by atoms with Gasteiger partial charge >= 0.3 is 11.7 Å². The predicted molar refractivity (Wildman–Crippen MR) is 93.9 cm³/mol. The maximum atomic E-state index is 13.0. The van der Waals surface area contributed by atoms with Crippen LogP contribution in [-0.2, 0) is 6.54 Å². The average Bonchev–Trinajstić information content (AvgIpc) is 3.06. The van der Waals surface area contributed by atoms with Crippen molar-refractivity contribution in [1.29, 1.82) is 0 Å². The Bertz CT molecular complexity index is 942. The molecule has 2 heterocycles. The summed E-state index contributed by atoms with van der Waals surface area (Å²) in [4.78, 5) is 41.2. The quantitative estimate of drug-likeness (QED) is 0.863. The van der Waals surface area contributed by atoms with Crippen molar-refractivity contribution in [3.05, 3.63) is 60.9 Å². The van der Waals surface area contributed by atoms with Crippen LogP contribution in [0.15, 0.2) is 27.8 Å². The summed E-state index contributed by atoms with van der Waals surface area (Å²) in [6.07, 6.45) is 2.01. The van der Waals surface area contributed by atoms with Gasteiger partial charge in [-0.25, -0.2) is 14.2 Å². The second-order valence-corrected chi connectivity index (χ2v) is 6.50. The number of H-pyrrole nitrogens is 1. The van der Waals surface area contributed by atoms with E-state index >= 15 is 0 Å². The Kier molecular flexibility index (Phi) is 4.78. The smallest absolute Gasteiger partial charge is 0.352 e. The van der Waals surface area contributed by atoms with E-state index in [0.29, 0.717) is 16.3 Å². The summed E-state index contributed by atoms with van der Waals surface area (Å²) in [5.74, 6) is -1.32. The minimum absolute atomic E-state index is 0.0772.